The van der Waals surface area contributed by atoms with E-state index in [2.05, 4.69) is 52.2 Å². The second-order valence-corrected chi connectivity index (χ2v) is 7.57. The van der Waals surface area contributed by atoms with E-state index in [-0.39, 0.29) is 30.1 Å². The number of methoxy groups -OCH3 is 1. The predicted octanol–water partition coefficient (Wildman–Crippen LogP) is 2.80. The van der Waals surface area contributed by atoms with Crippen molar-refractivity contribution in [3.63, 3.8) is 0 Å². The monoisotopic (exact) mass is 489 g/mol. The van der Waals surface area contributed by atoms with E-state index < -0.39 is 6.29 Å². The Hall–Kier alpha value is -1.16. The zero-order valence-corrected chi connectivity index (χ0v) is 18.0. The van der Waals surface area contributed by atoms with E-state index in [0.717, 1.165) is 15.6 Å². The van der Waals surface area contributed by atoms with Crippen LogP contribution in [0, 0.1) is 9.49 Å². The molecule has 2 rings (SSSR count). The zero-order chi connectivity index (χ0) is 19.6. The first-order chi connectivity index (χ1) is 13.1. The molecule has 1 heterocycles. The molecule has 3 atom stereocenters. The summed E-state index contributed by atoms with van der Waals surface area (Å²) in [5.41, 5.74) is 1.11. The number of rotatable bonds is 10. The van der Waals surface area contributed by atoms with Crippen molar-refractivity contribution in [3.05, 3.63) is 45.2 Å². The Morgan fingerprint density at radius 3 is 2.70 bits per heavy atom. The highest BCUT2D eigenvalue weighted by atomic mass is 127. The van der Waals surface area contributed by atoms with Gasteiger partial charge in [-0.25, -0.2) is 0 Å². The first-order valence-corrected chi connectivity index (χ1v) is 10.3. The minimum absolute atomic E-state index is 0.0210. The van der Waals surface area contributed by atoms with Crippen molar-refractivity contribution in [2.45, 2.75) is 32.0 Å². The molecule has 0 fully saturated rings. The molecular weight excluding hydrogens is 461 g/mol. The van der Waals surface area contributed by atoms with Gasteiger partial charge in [-0.15, -0.1) is 0 Å². The van der Waals surface area contributed by atoms with Gasteiger partial charge in [-0.1, -0.05) is 12.1 Å². The molecule has 0 saturated carbocycles. The summed E-state index contributed by atoms with van der Waals surface area (Å²) in [6.45, 7) is 3.36. The molecule has 2 N–H and O–H groups in total. The molecule has 1 aliphatic heterocycles. The number of benzene rings is 1. The lowest BCUT2D eigenvalue weighted by Crippen LogP contribution is -2.39. The molecule has 1 amide bonds. The SMILES string of the molecule is CCO[C@H]1OC(C(=O)NCCOC)=C[C@@H](c2ccc(I)cc2)[C@H]1CCCO. The minimum atomic E-state index is -0.529. The molecule has 0 aliphatic carbocycles. The molecule has 0 aromatic heterocycles. The molecule has 0 radical (unpaired) electrons. The first kappa shape index (κ1) is 22.1. The number of aliphatic hydroxyl groups excluding tert-OH is 1. The Labute approximate surface area is 174 Å². The Balaban J connectivity index is 2.31. The van der Waals surface area contributed by atoms with Crippen LogP contribution in [0.4, 0.5) is 0 Å². The molecule has 0 unspecified atom stereocenters. The molecule has 6 nitrogen and oxygen atoms in total. The van der Waals surface area contributed by atoms with Crippen LogP contribution in [0.25, 0.3) is 0 Å². The van der Waals surface area contributed by atoms with Gasteiger partial charge in [0.25, 0.3) is 5.91 Å². The van der Waals surface area contributed by atoms with E-state index in [4.69, 9.17) is 14.2 Å². The van der Waals surface area contributed by atoms with E-state index in [1.165, 1.54) is 0 Å². The van der Waals surface area contributed by atoms with Crippen molar-refractivity contribution in [1.29, 1.82) is 0 Å². The van der Waals surface area contributed by atoms with Gasteiger partial charge in [0.2, 0.25) is 6.29 Å². The van der Waals surface area contributed by atoms with Crippen LogP contribution in [0.2, 0.25) is 0 Å². The van der Waals surface area contributed by atoms with Gasteiger partial charge in [0, 0.05) is 42.3 Å². The molecule has 27 heavy (non-hydrogen) atoms. The van der Waals surface area contributed by atoms with E-state index in [0.29, 0.717) is 26.2 Å². The van der Waals surface area contributed by atoms with Gasteiger partial charge in [-0.2, -0.15) is 0 Å². The van der Waals surface area contributed by atoms with Crippen LogP contribution in [0.5, 0.6) is 0 Å². The number of hydrogen-bond donors (Lipinski definition) is 2. The molecule has 0 saturated heterocycles. The maximum atomic E-state index is 12.5. The van der Waals surface area contributed by atoms with Crippen molar-refractivity contribution in [2.24, 2.45) is 5.92 Å². The number of halogens is 1. The summed E-state index contributed by atoms with van der Waals surface area (Å²) in [6, 6.07) is 8.25. The predicted molar refractivity (Wildman–Crippen MR) is 111 cm³/mol. The summed E-state index contributed by atoms with van der Waals surface area (Å²) in [7, 11) is 1.59. The average Bonchev–Trinajstić information content (AvgIpc) is 2.67. The van der Waals surface area contributed by atoms with Gasteiger partial charge in [-0.3, -0.25) is 4.79 Å². The van der Waals surface area contributed by atoms with Crippen molar-refractivity contribution < 1.29 is 24.1 Å². The molecule has 7 heteroatoms. The third-order valence-electron chi connectivity index (χ3n) is 4.48. The Morgan fingerprint density at radius 2 is 2.07 bits per heavy atom. The molecular formula is C20H28INO5. The van der Waals surface area contributed by atoms with Crippen LogP contribution < -0.4 is 5.32 Å². The fourth-order valence-electron chi connectivity index (χ4n) is 3.18. The van der Waals surface area contributed by atoms with Gasteiger partial charge in [0.15, 0.2) is 5.76 Å². The summed E-state index contributed by atoms with van der Waals surface area (Å²) in [5.74, 6) is -0.00376. The van der Waals surface area contributed by atoms with Crippen LogP contribution >= 0.6 is 22.6 Å². The average molecular weight is 489 g/mol. The van der Waals surface area contributed by atoms with Crippen molar-refractivity contribution >= 4 is 28.5 Å². The molecule has 1 aromatic rings. The second-order valence-electron chi connectivity index (χ2n) is 6.33. The van der Waals surface area contributed by atoms with E-state index in [1.807, 2.05) is 13.0 Å². The lowest BCUT2D eigenvalue weighted by atomic mass is 9.80. The third-order valence-corrected chi connectivity index (χ3v) is 5.20. The fourth-order valence-corrected chi connectivity index (χ4v) is 3.54. The first-order valence-electron chi connectivity index (χ1n) is 9.24. The summed E-state index contributed by atoms with van der Waals surface area (Å²) >= 11 is 2.27. The number of allylic oxidation sites excluding steroid dienone is 1. The lowest BCUT2D eigenvalue weighted by Gasteiger charge is -2.37. The zero-order valence-electron chi connectivity index (χ0n) is 15.8. The normalized spacial score (nSPS) is 22.1. The van der Waals surface area contributed by atoms with E-state index in [1.54, 1.807) is 7.11 Å². The number of ether oxygens (including phenoxy) is 3. The lowest BCUT2D eigenvalue weighted by molar-refractivity contribution is -0.166. The highest BCUT2D eigenvalue weighted by Crippen LogP contribution is 2.39. The fraction of sp³-hybridized carbons (Fsp3) is 0.550. The van der Waals surface area contributed by atoms with Crippen molar-refractivity contribution in [1.82, 2.24) is 5.32 Å². The van der Waals surface area contributed by atoms with Gasteiger partial charge in [0.05, 0.1) is 6.61 Å². The molecule has 1 aliphatic rings. The van der Waals surface area contributed by atoms with E-state index >= 15 is 0 Å². The van der Waals surface area contributed by atoms with Crippen LogP contribution in [0.15, 0.2) is 36.1 Å². The summed E-state index contributed by atoms with van der Waals surface area (Å²) < 4.78 is 17.9. The summed E-state index contributed by atoms with van der Waals surface area (Å²) in [5, 5.41) is 12.1. The third kappa shape index (κ3) is 6.44. The number of hydrogen-bond acceptors (Lipinski definition) is 5. The highest BCUT2D eigenvalue weighted by molar-refractivity contribution is 14.1. The smallest absolute Gasteiger partial charge is 0.286 e. The van der Waals surface area contributed by atoms with Crippen LogP contribution in [0.1, 0.15) is 31.2 Å². The quantitative estimate of drug-likeness (QED) is 0.391. The van der Waals surface area contributed by atoms with Crippen molar-refractivity contribution in [3.8, 4) is 0 Å². The minimum Gasteiger partial charge on any atom is -0.459 e. The standard InChI is InChI=1S/C20H28INO5/c1-3-26-20-16(5-4-11-23)17(14-6-8-15(21)9-7-14)13-18(27-20)19(24)22-10-12-25-2/h6-9,13,16-17,20,23H,3-5,10-12H2,1-2H3,(H,22,24)/t16-,17+,20+/m1/s1. The van der Waals surface area contributed by atoms with Gasteiger partial charge in [0.1, 0.15) is 0 Å². The summed E-state index contributed by atoms with van der Waals surface area (Å²) in [4.78, 5) is 12.5. The number of nitrogens with one attached hydrogen (secondary N) is 1. The summed E-state index contributed by atoms with van der Waals surface area (Å²) in [6.07, 6.45) is 2.75. The number of aliphatic hydroxyl groups is 1. The van der Waals surface area contributed by atoms with E-state index in [9.17, 15) is 9.90 Å². The van der Waals surface area contributed by atoms with Gasteiger partial charge < -0.3 is 24.6 Å². The Bertz CT molecular complexity index is 619. The molecule has 150 valence electrons. The van der Waals surface area contributed by atoms with Gasteiger partial charge in [-0.05, 0) is 66.1 Å². The van der Waals surface area contributed by atoms with Crippen LogP contribution in [-0.4, -0.2) is 50.8 Å². The van der Waals surface area contributed by atoms with Crippen molar-refractivity contribution in [2.75, 3.05) is 33.5 Å². The Morgan fingerprint density at radius 1 is 1.33 bits per heavy atom. The largest absolute Gasteiger partial charge is 0.459 e. The van der Waals surface area contributed by atoms with Crippen LogP contribution in [-0.2, 0) is 19.0 Å². The van der Waals surface area contributed by atoms with Gasteiger partial charge >= 0.3 is 0 Å². The van der Waals surface area contributed by atoms with Crippen LogP contribution in [0.3, 0.4) is 0 Å². The molecule has 0 bridgehead atoms. The molecule has 0 spiro atoms. The highest BCUT2D eigenvalue weighted by Gasteiger charge is 2.37. The maximum absolute atomic E-state index is 12.5. The number of carbonyl (C=O) groups is 1. The second kappa shape index (κ2) is 11.6. The Kier molecular flexibility index (Phi) is 9.53. The maximum Gasteiger partial charge on any atom is 0.286 e. The number of amides is 1. The number of carbonyl (C=O) groups excluding carboxylic acids is 1. The molecule has 1 aromatic carbocycles. The topological polar surface area (TPSA) is 77.0 Å².